The van der Waals surface area contributed by atoms with Crippen LogP contribution in [-0.2, 0) is 19.6 Å². The molecule has 1 fully saturated rings. The van der Waals surface area contributed by atoms with Crippen LogP contribution < -0.4 is 24.5 Å². The summed E-state index contributed by atoms with van der Waals surface area (Å²) in [5.74, 6) is -3.21. The lowest BCUT2D eigenvalue weighted by molar-refractivity contribution is -0.292. The van der Waals surface area contributed by atoms with Gasteiger partial charge in [0.25, 0.3) is 10.0 Å². The van der Waals surface area contributed by atoms with Crippen LogP contribution in [0.25, 0.3) is 10.4 Å². The van der Waals surface area contributed by atoms with Crippen molar-refractivity contribution in [1.29, 1.82) is 0 Å². The summed E-state index contributed by atoms with van der Waals surface area (Å²) in [6, 6.07) is 5.09. The van der Waals surface area contributed by atoms with Crippen LogP contribution in [0.2, 0.25) is 5.15 Å². The number of carbonyl (C=O) groups excluding carboxylic acids is 2. The van der Waals surface area contributed by atoms with Crippen LogP contribution in [0.15, 0.2) is 29.2 Å². The highest BCUT2D eigenvalue weighted by Gasteiger charge is 2.42. The molecule has 0 atom stereocenters. The smallest absolute Gasteiger partial charge is 0.491 e. The maximum absolute atomic E-state index is 13.3. The largest absolute Gasteiger partial charge is 0.495 e. The summed E-state index contributed by atoms with van der Waals surface area (Å²) in [6.45, 7) is 1.72. The van der Waals surface area contributed by atoms with E-state index in [0.29, 0.717) is 33.6 Å². The lowest BCUT2D eigenvalue weighted by Crippen LogP contribution is -2.28. The van der Waals surface area contributed by atoms with Gasteiger partial charge in [-0.3, -0.25) is 9.52 Å². The Morgan fingerprint density at radius 2 is 1.93 bits per heavy atom. The number of anilines is 2. The van der Waals surface area contributed by atoms with Gasteiger partial charge in [0, 0.05) is 24.1 Å². The second kappa shape index (κ2) is 12.1. The number of thiazole rings is 1. The molecule has 3 aromatic rings. The fourth-order valence-corrected chi connectivity index (χ4v) is 6.58. The van der Waals surface area contributed by atoms with Crippen LogP contribution in [0.5, 0.6) is 11.5 Å². The first-order valence-corrected chi connectivity index (χ1v) is 14.8. The minimum atomic E-state index is -5.32. The number of methoxy groups -OCH3 is 1. The summed E-state index contributed by atoms with van der Waals surface area (Å²) in [7, 11) is -3.19. The number of ether oxygens (including phenoxy) is 2. The molecule has 41 heavy (non-hydrogen) atoms. The number of hydrogen-bond donors (Lipinski definition) is 2. The van der Waals surface area contributed by atoms with Gasteiger partial charge in [0.15, 0.2) is 10.8 Å². The molecule has 16 heteroatoms. The van der Waals surface area contributed by atoms with Gasteiger partial charge in [-0.1, -0.05) is 24.2 Å². The first-order valence-electron chi connectivity index (χ1n) is 12.1. The topological polar surface area (TPSA) is 138 Å². The zero-order chi connectivity index (χ0) is 29.9. The molecular weight excluding hydrogens is 609 g/mol. The van der Waals surface area contributed by atoms with E-state index >= 15 is 0 Å². The third-order valence-electron chi connectivity index (χ3n) is 6.14. The Morgan fingerprint density at radius 1 is 1.22 bits per heavy atom. The van der Waals surface area contributed by atoms with E-state index in [1.807, 2.05) is 0 Å². The van der Waals surface area contributed by atoms with Crippen molar-refractivity contribution in [2.24, 2.45) is 5.92 Å². The normalized spacial score (nSPS) is 13.9. The zero-order valence-electron chi connectivity index (χ0n) is 21.6. The summed E-state index contributed by atoms with van der Waals surface area (Å²) in [6.07, 6.45) is 1.61. The lowest BCUT2D eigenvalue weighted by atomic mass is 10.0. The van der Waals surface area contributed by atoms with Crippen molar-refractivity contribution in [3.63, 3.8) is 0 Å². The summed E-state index contributed by atoms with van der Waals surface area (Å²) in [4.78, 5) is 31.8. The molecule has 0 spiro atoms. The van der Waals surface area contributed by atoms with Crippen LogP contribution in [0.1, 0.15) is 37.8 Å². The second-order valence-corrected chi connectivity index (χ2v) is 12.1. The molecule has 2 N–H and O–H groups in total. The number of sulfonamides is 1. The number of nitrogens with one attached hydrogen (secondary N) is 2. The van der Waals surface area contributed by atoms with Gasteiger partial charge in [-0.05, 0) is 54.4 Å². The van der Waals surface area contributed by atoms with Gasteiger partial charge in [0.1, 0.15) is 10.6 Å². The van der Waals surface area contributed by atoms with E-state index in [-0.39, 0.29) is 16.6 Å². The molecule has 10 nitrogen and oxygen atoms in total. The van der Waals surface area contributed by atoms with Crippen molar-refractivity contribution in [2.75, 3.05) is 17.1 Å². The molecule has 1 aliphatic carbocycles. The van der Waals surface area contributed by atoms with E-state index in [1.54, 1.807) is 13.0 Å². The van der Waals surface area contributed by atoms with Crippen molar-refractivity contribution in [3.05, 3.63) is 41.3 Å². The number of esters is 1. The molecule has 4 rings (SSSR count). The van der Waals surface area contributed by atoms with Gasteiger partial charge >= 0.3 is 23.5 Å². The third-order valence-corrected chi connectivity index (χ3v) is 8.92. The van der Waals surface area contributed by atoms with Gasteiger partial charge in [-0.15, -0.1) is 0 Å². The fraction of sp³-hybridized carbons (Fsp3) is 0.360. The monoisotopic (exact) mass is 631 g/mol. The fourth-order valence-electron chi connectivity index (χ4n) is 4.26. The Kier molecular flexibility index (Phi) is 8.95. The average Bonchev–Trinajstić information content (AvgIpc) is 3.54. The summed E-state index contributed by atoms with van der Waals surface area (Å²) in [5.41, 5.74) is 0.558. The van der Waals surface area contributed by atoms with Crippen molar-refractivity contribution in [1.82, 2.24) is 4.98 Å². The minimum absolute atomic E-state index is 0.0425. The van der Waals surface area contributed by atoms with Crippen LogP contribution in [0.3, 0.4) is 0 Å². The van der Waals surface area contributed by atoms with E-state index in [4.69, 9.17) is 16.3 Å². The Bertz CT molecular complexity index is 1570. The molecule has 1 aromatic carbocycles. The molecule has 2 heterocycles. The van der Waals surface area contributed by atoms with Gasteiger partial charge in [0.05, 0.1) is 17.7 Å². The van der Waals surface area contributed by atoms with Gasteiger partial charge in [-0.25, -0.2) is 18.2 Å². The maximum Gasteiger partial charge on any atom is 0.491 e. The van der Waals surface area contributed by atoms with Crippen LogP contribution in [0, 0.1) is 19.0 Å². The number of amides is 1. The summed E-state index contributed by atoms with van der Waals surface area (Å²) in [5, 5.41) is 2.55. The molecule has 1 amide bonds. The highest BCUT2D eigenvalue weighted by molar-refractivity contribution is 7.92. The molecule has 0 bridgehead atoms. The van der Waals surface area contributed by atoms with Crippen LogP contribution >= 0.6 is 22.9 Å². The highest BCUT2D eigenvalue weighted by atomic mass is 35.5. The summed E-state index contributed by atoms with van der Waals surface area (Å²) < 4.78 is 76.0. The number of alkyl halides is 3. The van der Waals surface area contributed by atoms with E-state index in [0.717, 1.165) is 31.7 Å². The Labute approximate surface area is 242 Å². The third kappa shape index (κ3) is 7.38. The molecule has 0 aliphatic heterocycles. The predicted octanol–water partition coefficient (Wildman–Crippen LogP) is 4.97. The first kappa shape index (κ1) is 30.4. The number of rotatable bonds is 9. The molecule has 0 saturated heterocycles. The number of benzene rings is 1. The van der Waals surface area contributed by atoms with Crippen molar-refractivity contribution in [3.8, 4) is 21.9 Å². The molecule has 1 aliphatic rings. The molecule has 1 saturated carbocycles. The maximum atomic E-state index is 13.3. The van der Waals surface area contributed by atoms with E-state index < -0.39 is 38.8 Å². The Morgan fingerprint density at radius 3 is 2.59 bits per heavy atom. The van der Waals surface area contributed by atoms with E-state index in [2.05, 4.69) is 30.9 Å². The number of halogens is 4. The Balaban J connectivity index is 1.58. The summed E-state index contributed by atoms with van der Waals surface area (Å²) >= 11 is 6.87. The molecular formula is C25H23ClF3N4O6S2+. The van der Waals surface area contributed by atoms with E-state index in [9.17, 15) is 31.2 Å². The van der Waals surface area contributed by atoms with E-state index in [1.165, 1.54) is 30.6 Å². The number of aromatic nitrogens is 2. The van der Waals surface area contributed by atoms with Crippen LogP contribution in [0.4, 0.5) is 24.0 Å². The number of hydrogen-bond acceptors (Lipinski definition) is 8. The SMILES string of the molecule is COc1ccc(-c2sc(NC(=O)CC3CCCC3)nc2C)cc1S(=O)(=O)Nc1c#[n+]c(Cl)c(OC(=O)C(F)(F)F)c1. The van der Waals surface area contributed by atoms with Crippen LogP contribution in [-0.4, -0.2) is 38.6 Å². The zero-order valence-corrected chi connectivity index (χ0v) is 24.0. The number of aryl methyl sites for hydroxylation is 1. The average molecular weight is 632 g/mol. The highest BCUT2D eigenvalue weighted by Crippen LogP contribution is 2.37. The minimum Gasteiger partial charge on any atom is -0.495 e. The molecule has 0 radical (unpaired) electrons. The standard InChI is InChI=1S/C25H22ClF3N4O6S2/c1-13-21(40-24(31-13)32-20(34)9-14-5-3-4-6-14)15-7-8-17(38-2)19(10-15)41(36,37)33-16-11-18(22(26)30-12-16)39-23(35)25(27,28)29/h7-8,10-11,14,33H,3-6,9H2,1-2H3/p+1. The molecule has 0 unspecified atom stereocenters. The Hall–Kier alpha value is -3.61. The lowest BCUT2D eigenvalue weighted by Gasteiger charge is -2.12. The van der Waals surface area contributed by atoms with Gasteiger partial charge < -0.3 is 14.8 Å². The van der Waals surface area contributed by atoms with Crippen molar-refractivity contribution in [2.45, 2.75) is 50.1 Å². The van der Waals surface area contributed by atoms with Gasteiger partial charge in [-0.2, -0.15) is 13.2 Å². The predicted molar refractivity (Wildman–Crippen MR) is 142 cm³/mol. The number of carbonyl (C=O) groups is 2. The van der Waals surface area contributed by atoms with Crippen molar-refractivity contribution < 1.29 is 45.6 Å². The second-order valence-electron chi connectivity index (χ2n) is 9.13. The quantitative estimate of drug-likeness (QED) is 0.316. The van der Waals surface area contributed by atoms with Crippen molar-refractivity contribution >= 4 is 55.7 Å². The van der Waals surface area contributed by atoms with Gasteiger partial charge in [0.2, 0.25) is 11.7 Å². The molecule has 2 aromatic heterocycles. The first-order chi connectivity index (χ1) is 19.3. The number of nitrogens with zero attached hydrogens (tertiary/aromatic N) is 2. The molecule has 218 valence electrons.